The molecule has 1 aromatic carbocycles. The Kier molecular flexibility index (Phi) is 3.86. The average molecular weight is 206 g/mol. The van der Waals surface area contributed by atoms with Crippen molar-refractivity contribution in [1.82, 2.24) is 0 Å². The summed E-state index contributed by atoms with van der Waals surface area (Å²) in [6, 6.07) is 5.77. The Hall–Kier alpha value is -1.35. The van der Waals surface area contributed by atoms with Crippen molar-refractivity contribution in [3.05, 3.63) is 29.3 Å². The van der Waals surface area contributed by atoms with Gasteiger partial charge in [-0.05, 0) is 44.0 Å². The zero-order chi connectivity index (χ0) is 11.4. The van der Waals surface area contributed by atoms with Crippen LogP contribution in [0.2, 0.25) is 0 Å². The smallest absolute Gasteiger partial charge is 0.225 e. The fourth-order valence-electron chi connectivity index (χ4n) is 1.32. The normalized spacial score (nSPS) is 12.3. The molecule has 1 amide bonds. The zero-order valence-corrected chi connectivity index (χ0v) is 9.50. The number of carbonyl (C=O) groups is 1. The van der Waals surface area contributed by atoms with E-state index < -0.39 is 0 Å². The van der Waals surface area contributed by atoms with Crippen molar-refractivity contribution < 1.29 is 4.79 Å². The standard InChI is InChI=1S/C12H18N2O/c1-8-4-5-11(6-9(8)2)14-12(15)7-10(3)13/h4-6,10H,7,13H2,1-3H3,(H,14,15). The molecule has 3 heteroatoms. The molecule has 0 saturated carbocycles. The molecule has 3 N–H and O–H groups in total. The van der Waals surface area contributed by atoms with Gasteiger partial charge in [-0.3, -0.25) is 4.79 Å². The van der Waals surface area contributed by atoms with Crippen molar-refractivity contribution >= 4 is 11.6 Å². The molecular formula is C12H18N2O. The van der Waals surface area contributed by atoms with Gasteiger partial charge in [-0.25, -0.2) is 0 Å². The highest BCUT2D eigenvalue weighted by Gasteiger charge is 2.05. The molecule has 1 aromatic rings. The van der Waals surface area contributed by atoms with Crippen LogP contribution in [-0.2, 0) is 4.79 Å². The van der Waals surface area contributed by atoms with E-state index in [4.69, 9.17) is 5.73 Å². The van der Waals surface area contributed by atoms with Crippen LogP contribution in [0, 0.1) is 13.8 Å². The van der Waals surface area contributed by atoms with Crippen molar-refractivity contribution in [2.24, 2.45) is 5.73 Å². The minimum Gasteiger partial charge on any atom is -0.327 e. The van der Waals surface area contributed by atoms with Gasteiger partial charge in [0.2, 0.25) is 5.91 Å². The maximum Gasteiger partial charge on any atom is 0.225 e. The molecule has 82 valence electrons. The van der Waals surface area contributed by atoms with E-state index >= 15 is 0 Å². The Balaban J connectivity index is 2.65. The zero-order valence-electron chi connectivity index (χ0n) is 9.50. The molecule has 1 unspecified atom stereocenters. The molecular weight excluding hydrogens is 188 g/mol. The molecule has 0 aliphatic rings. The molecule has 0 spiro atoms. The van der Waals surface area contributed by atoms with Gasteiger partial charge in [0.15, 0.2) is 0 Å². The molecule has 15 heavy (non-hydrogen) atoms. The van der Waals surface area contributed by atoms with Gasteiger partial charge in [-0.1, -0.05) is 6.07 Å². The van der Waals surface area contributed by atoms with Gasteiger partial charge in [-0.2, -0.15) is 0 Å². The third-order valence-electron chi connectivity index (χ3n) is 2.30. The molecule has 0 bridgehead atoms. The van der Waals surface area contributed by atoms with Crippen LogP contribution in [0.5, 0.6) is 0 Å². The molecule has 0 fully saturated rings. The molecule has 1 atom stereocenters. The van der Waals surface area contributed by atoms with Crippen LogP contribution in [0.15, 0.2) is 18.2 Å². The average Bonchev–Trinajstić information content (AvgIpc) is 2.10. The first-order valence-electron chi connectivity index (χ1n) is 5.11. The molecule has 0 radical (unpaired) electrons. The number of rotatable bonds is 3. The fraction of sp³-hybridized carbons (Fsp3) is 0.417. The maximum atomic E-state index is 11.4. The quantitative estimate of drug-likeness (QED) is 0.794. The Morgan fingerprint density at radius 3 is 2.60 bits per heavy atom. The van der Waals surface area contributed by atoms with Gasteiger partial charge in [0.05, 0.1) is 0 Å². The minimum absolute atomic E-state index is 0.0340. The second-order valence-electron chi connectivity index (χ2n) is 4.03. The topological polar surface area (TPSA) is 55.1 Å². The van der Waals surface area contributed by atoms with Crippen LogP contribution in [0.1, 0.15) is 24.5 Å². The summed E-state index contributed by atoms with van der Waals surface area (Å²) in [6.07, 6.45) is 0.354. The molecule has 0 aliphatic heterocycles. The van der Waals surface area contributed by atoms with E-state index in [1.165, 1.54) is 11.1 Å². The van der Waals surface area contributed by atoms with Crippen molar-refractivity contribution in [2.45, 2.75) is 33.2 Å². The molecule has 1 rings (SSSR count). The number of amides is 1. The van der Waals surface area contributed by atoms with Crippen LogP contribution < -0.4 is 11.1 Å². The highest BCUT2D eigenvalue weighted by Crippen LogP contribution is 2.14. The highest BCUT2D eigenvalue weighted by molar-refractivity contribution is 5.91. The van der Waals surface area contributed by atoms with Gasteiger partial charge < -0.3 is 11.1 Å². The summed E-state index contributed by atoms with van der Waals surface area (Å²) in [6.45, 7) is 5.89. The first-order valence-corrected chi connectivity index (χ1v) is 5.11. The van der Waals surface area contributed by atoms with E-state index in [0.29, 0.717) is 6.42 Å². The summed E-state index contributed by atoms with van der Waals surface area (Å²) in [5.74, 6) is -0.0340. The highest BCUT2D eigenvalue weighted by atomic mass is 16.1. The summed E-state index contributed by atoms with van der Waals surface area (Å²) < 4.78 is 0. The van der Waals surface area contributed by atoms with E-state index in [9.17, 15) is 4.79 Å². The van der Waals surface area contributed by atoms with Gasteiger partial charge in [-0.15, -0.1) is 0 Å². The Labute approximate surface area is 90.7 Å². The molecule has 3 nitrogen and oxygen atoms in total. The van der Waals surface area contributed by atoms with Crippen molar-refractivity contribution in [2.75, 3.05) is 5.32 Å². The molecule has 0 aromatic heterocycles. The number of hydrogen-bond acceptors (Lipinski definition) is 2. The van der Waals surface area contributed by atoms with Crippen molar-refractivity contribution in [3.63, 3.8) is 0 Å². The number of hydrogen-bond donors (Lipinski definition) is 2. The lowest BCUT2D eigenvalue weighted by Crippen LogP contribution is -2.23. The van der Waals surface area contributed by atoms with Gasteiger partial charge in [0, 0.05) is 18.2 Å². The Morgan fingerprint density at radius 1 is 1.40 bits per heavy atom. The second kappa shape index (κ2) is 4.94. The lowest BCUT2D eigenvalue weighted by Gasteiger charge is -2.08. The van der Waals surface area contributed by atoms with Crippen LogP contribution in [0.4, 0.5) is 5.69 Å². The number of carbonyl (C=O) groups excluding carboxylic acids is 1. The van der Waals surface area contributed by atoms with Gasteiger partial charge >= 0.3 is 0 Å². The SMILES string of the molecule is Cc1ccc(NC(=O)CC(C)N)cc1C. The maximum absolute atomic E-state index is 11.4. The number of nitrogens with one attached hydrogen (secondary N) is 1. The van der Waals surface area contributed by atoms with E-state index in [1.807, 2.05) is 39.0 Å². The van der Waals surface area contributed by atoms with Crippen LogP contribution in [0.3, 0.4) is 0 Å². The van der Waals surface area contributed by atoms with Crippen molar-refractivity contribution in [1.29, 1.82) is 0 Å². The van der Waals surface area contributed by atoms with Crippen molar-refractivity contribution in [3.8, 4) is 0 Å². The predicted molar refractivity (Wildman–Crippen MR) is 62.8 cm³/mol. The summed E-state index contributed by atoms with van der Waals surface area (Å²) >= 11 is 0. The molecule has 0 saturated heterocycles. The minimum atomic E-state index is -0.100. The largest absolute Gasteiger partial charge is 0.327 e. The van der Waals surface area contributed by atoms with E-state index in [0.717, 1.165) is 5.69 Å². The Morgan fingerprint density at radius 2 is 2.07 bits per heavy atom. The number of nitrogens with two attached hydrogens (primary N) is 1. The van der Waals surface area contributed by atoms with Gasteiger partial charge in [0.1, 0.15) is 0 Å². The summed E-state index contributed by atoms with van der Waals surface area (Å²) in [5, 5.41) is 2.82. The lowest BCUT2D eigenvalue weighted by atomic mass is 10.1. The first kappa shape index (κ1) is 11.7. The third kappa shape index (κ3) is 3.72. The van der Waals surface area contributed by atoms with Gasteiger partial charge in [0.25, 0.3) is 0 Å². The number of aryl methyl sites for hydroxylation is 2. The molecule has 0 aliphatic carbocycles. The summed E-state index contributed by atoms with van der Waals surface area (Å²) in [7, 11) is 0. The summed E-state index contributed by atoms with van der Waals surface area (Å²) in [5.41, 5.74) is 8.77. The number of benzene rings is 1. The first-order chi connectivity index (χ1) is 6.99. The molecule has 0 heterocycles. The van der Waals surface area contributed by atoms with Crippen LogP contribution in [0.25, 0.3) is 0 Å². The fourth-order valence-corrected chi connectivity index (χ4v) is 1.32. The van der Waals surface area contributed by atoms with Crippen LogP contribution in [-0.4, -0.2) is 11.9 Å². The lowest BCUT2D eigenvalue weighted by molar-refractivity contribution is -0.116. The van der Waals surface area contributed by atoms with Crippen LogP contribution >= 0.6 is 0 Å². The van der Waals surface area contributed by atoms with E-state index in [-0.39, 0.29) is 11.9 Å². The number of anilines is 1. The predicted octanol–water partition coefficient (Wildman–Crippen LogP) is 1.98. The van der Waals surface area contributed by atoms with E-state index in [2.05, 4.69) is 5.32 Å². The second-order valence-corrected chi connectivity index (χ2v) is 4.03. The third-order valence-corrected chi connectivity index (χ3v) is 2.30. The Bertz CT molecular complexity index is 359. The summed E-state index contributed by atoms with van der Waals surface area (Å²) in [4.78, 5) is 11.4. The van der Waals surface area contributed by atoms with E-state index in [1.54, 1.807) is 0 Å². The monoisotopic (exact) mass is 206 g/mol.